The molecule has 0 spiro atoms. The third-order valence-corrected chi connectivity index (χ3v) is 2.71. The minimum absolute atomic E-state index is 0.0303. The van der Waals surface area contributed by atoms with E-state index in [1.54, 1.807) is 23.3 Å². The number of nitrogens with two attached hydrogens (primary N) is 1. The number of hydrogen-bond donors (Lipinski definition) is 2. The van der Waals surface area contributed by atoms with Crippen LogP contribution in [0.4, 0.5) is 11.4 Å². The van der Waals surface area contributed by atoms with Gasteiger partial charge in [-0.25, -0.2) is 4.98 Å². The van der Waals surface area contributed by atoms with Gasteiger partial charge in [0, 0.05) is 25.5 Å². The van der Waals surface area contributed by atoms with Gasteiger partial charge in [0.1, 0.15) is 11.3 Å². The molecule has 0 fully saturated rings. The number of rotatable bonds is 5. The van der Waals surface area contributed by atoms with E-state index >= 15 is 0 Å². The van der Waals surface area contributed by atoms with Gasteiger partial charge in [-0.3, -0.25) is 14.9 Å². The number of imidazole rings is 1. The second-order valence-electron chi connectivity index (χ2n) is 4.06. The highest BCUT2D eigenvalue weighted by atomic mass is 16.6. The lowest BCUT2D eigenvalue weighted by molar-refractivity contribution is -0.384. The Morgan fingerprint density at radius 3 is 2.95 bits per heavy atom. The van der Waals surface area contributed by atoms with Crippen molar-refractivity contribution >= 4 is 17.3 Å². The fourth-order valence-electron chi connectivity index (χ4n) is 1.76. The second-order valence-corrected chi connectivity index (χ2v) is 4.06. The van der Waals surface area contributed by atoms with Crippen LogP contribution in [0.25, 0.3) is 0 Å². The van der Waals surface area contributed by atoms with Gasteiger partial charge in [0.05, 0.1) is 11.3 Å². The predicted octanol–water partition coefficient (Wildman–Crippen LogP) is 0.803. The largest absolute Gasteiger partial charge is 0.393 e. The second kappa shape index (κ2) is 5.83. The molecule has 1 heterocycles. The Hall–Kier alpha value is -2.90. The van der Waals surface area contributed by atoms with Gasteiger partial charge >= 0.3 is 5.69 Å². The summed E-state index contributed by atoms with van der Waals surface area (Å²) in [4.78, 5) is 26.1. The molecule has 104 valence electrons. The number of aromatic nitrogens is 2. The number of anilines is 1. The van der Waals surface area contributed by atoms with Crippen LogP contribution in [0, 0.1) is 10.1 Å². The number of nitrogen functional groups attached to an aromatic ring is 1. The first-order chi connectivity index (χ1) is 9.59. The van der Waals surface area contributed by atoms with Gasteiger partial charge in [-0.05, 0) is 12.1 Å². The molecule has 2 rings (SSSR count). The fourth-order valence-corrected chi connectivity index (χ4v) is 1.76. The standard InChI is InChI=1S/C12H13N5O3/c13-10-3-1-2-9(11(10)17(19)20)12(18)15-5-7-16-6-4-14-8-16/h1-4,6,8H,5,7,13H2,(H,15,18). The van der Waals surface area contributed by atoms with Crippen molar-refractivity contribution in [3.8, 4) is 0 Å². The van der Waals surface area contributed by atoms with Crippen molar-refractivity contribution in [1.29, 1.82) is 0 Å². The molecular weight excluding hydrogens is 262 g/mol. The normalized spacial score (nSPS) is 10.2. The summed E-state index contributed by atoms with van der Waals surface area (Å²) in [7, 11) is 0. The van der Waals surface area contributed by atoms with E-state index in [0.29, 0.717) is 13.1 Å². The highest BCUT2D eigenvalue weighted by Crippen LogP contribution is 2.25. The molecule has 1 aromatic heterocycles. The molecule has 3 N–H and O–H groups in total. The van der Waals surface area contributed by atoms with Crippen LogP contribution >= 0.6 is 0 Å². The van der Waals surface area contributed by atoms with E-state index in [2.05, 4.69) is 10.3 Å². The predicted molar refractivity (Wildman–Crippen MR) is 72.1 cm³/mol. The maximum Gasteiger partial charge on any atom is 0.304 e. The molecule has 8 nitrogen and oxygen atoms in total. The van der Waals surface area contributed by atoms with Crippen molar-refractivity contribution in [2.75, 3.05) is 12.3 Å². The van der Waals surface area contributed by atoms with E-state index in [9.17, 15) is 14.9 Å². The minimum atomic E-state index is -0.653. The summed E-state index contributed by atoms with van der Waals surface area (Å²) in [5.41, 5.74) is 5.09. The monoisotopic (exact) mass is 275 g/mol. The van der Waals surface area contributed by atoms with E-state index in [4.69, 9.17) is 5.73 Å². The minimum Gasteiger partial charge on any atom is -0.393 e. The Morgan fingerprint density at radius 1 is 1.50 bits per heavy atom. The third-order valence-electron chi connectivity index (χ3n) is 2.71. The Morgan fingerprint density at radius 2 is 2.30 bits per heavy atom. The Labute approximate surface area is 114 Å². The summed E-state index contributed by atoms with van der Waals surface area (Å²) >= 11 is 0. The molecule has 0 bridgehead atoms. The number of carbonyl (C=O) groups excluding carboxylic acids is 1. The number of nitro groups is 1. The maximum absolute atomic E-state index is 12.0. The zero-order valence-corrected chi connectivity index (χ0v) is 10.5. The van der Waals surface area contributed by atoms with Crippen molar-refractivity contribution in [3.63, 3.8) is 0 Å². The number of carbonyl (C=O) groups is 1. The van der Waals surface area contributed by atoms with Crippen LogP contribution in [0.1, 0.15) is 10.4 Å². The first kappa shape index (κ1) is 13.5. The van der Waals surface area contributed by atoms with Gasteiger partial charge in [-0.2, -0.15) is 0 Å². The molecule has 0 atom stereocenters. The fraction of sp³-hybridized carbons (Fsp3) is 0.167. The first-order valence-electron chi connectivity index (χ1n) is 5.86. The Kier molecular flexibility index (Phi) is 3.94. The van der Waals surface area contributed by atoms with Crippen molar-refractivity contribution in [1.82, 2.24) is 14.9 Å². The molecule has 8 heteroatoms. The molecule has 1 aromatic carbocycles. The number of nitrogens with one attached hydrogen (secondary N) is 1. The third kappa shape index (κ3) is 2.91. The van der Waals surface area contributed by atoms with E-state index in [0.717, 1.165) is 0 Å². The van der Waals surface area contributed by atoms with Crippen molar-refractivity contribution in [2.45, 2.75) is 6.54 Å². The molecule has 0 saturated carbocycles. The van der Waals surface area contributed by atoms with Gasteiger partial charge in [0.15, 0.2) is 0 Å². The van der Waals surface area contributed by atoms with Gasteiger partial charge in [0.25, 0.3) is 5.91 Å². The molecule has 0 saturated heterocycles. The average Bonchev–Trinajstić information content (AvgIpc) is 2.91. The van der Waals surface area contributed by atoms with Crippen LogP contribution < -0.4 is 11.1 Å². The quantitative estimate of drug-likeness (QED) is 0.475. The molecule has 0 aliphatic heterocycles. The van der Waals surface area contributed by atoms with Crippen molar-refractivity contribution in [3.05, 3.63) is 52.6 Å². The van der Waals surface area contributed by atoms with Crippen molar-refractivity contribution in [2.24, 2.45) is 0 Å². The summed E-state index contributed by atoms with van der Waals surface area (Å²) in [6.45, 7) is 0.864. The number of hydrogen-bond acceptors (Lipinski definition) is 5. The molecule has 2 aromatic rings. The van der Waals surface area contributed by atoms with E-state index < -0.39 is 10.8 Å². The lowest BCUT2D eigenvalue weighted by Gasteiger charge is -2.07. The maximum atomic E-state index is 12.0. The zero-order chi connectivity index (χ0) is 14.5. The number of amides is 1. The summed E-state index contributed by atoms with van der Waals surface area (Å²) in [6, 6.07) is 4.27. The lowest BCUT2D eigenvalue weighted by Crippen LogP contribution is -2.27. The molecule has 1 amide bonds. The summed E-state index contributed by atoms with van der Waals surface area (Å²) in [6.07, 6.45) is 5.01. The SMILES string of the molecule is Nc1cccc(C(=O)NCCn2ccnc2)c1[N+](=O)[O-]. The van der Waals surface area contributed by atoms with Crippen LogP contribution in [0.2, 0.25) is 0 Å². The van der Waals surface area contributed by atoms with E-state index in [1.807, 2.05) is 0 Å². The van der Waals surface area contributed by atoms with E-state index in [1.165, 1.54) is 18.2 Å². The molecule has 0 aliphatic rings. The number of para-hydroxylation sites is 1. The van der Waals surface area contributed by atoms with Gasteiger partial charge in [-0.1, -0.05) is 6.07 Å². The topological polar surface area (TPSA) is 116 Å². The van der Waals surface area contributed by atoms with Gasteiger partial charge in [0.2, 0.25) is 0 Å². The van der Waals surface area contributed by atoms with Crippen LogP contribution in [0.5, 0.6) is 0 Å². The van der Waals surface area contributed by atoms with Gasteiger partial charge < -0.3 is 15.6 Å². The summed E-state index contributed by atoms with van der Waals surface area (Å²) < 4.78 is 1.79. The molecule has 0 aliphatic carbocycles. The van der Waals surface area contributed by atoms with E-state index in [-0.39, 0.29) is 16.9 Å². The summed E-state index contributed by atoms with van der Waals surface area (Å²) in [5.74, 6) is -0.524. The lowest BCUT2D eigenvalue weighted by atomic mass is 10.1. The Balaban J connectivity index is 2.06. The molecule has 0 unspecified atom stereocenters. The zero-order valence-electron chi connectivity index (χ0n) is 10.5. The van der Waals surface area contributed by atoms with Crippen molar-refractivity contribution < 1.29 is 9.72 Å². The number of benzene rings is 1. The summed E-state index contributed by atoms with van der Waals surface area (Å²) in [5, 5.41) is 13.6. The number of nitro benzene ring substituents is 1. The molecular formula is C12H13N5O3. The Bertz CT molecular complexity index is 624. The van der Waals surface area contributed by atoms with Crippen LogP contribution in [-0.2, 0) is 6.54 Å². The first-order valence-corrected chi connectivity index (χ1v) is 5.86. The highest BCUT2D eigenvalue weighted by Gasteiger charge is 2.22. The van der Waals surface area contributed by atoms with Crippen LogP contribution in [0.15, 0.2) is 36.9 Å². The molecule has 20 heavy (non-hydrogen) atoms. The van der Waals surface area contributed by atoms with Gasteiger partial charge in [-0.15, -0.1) is 0 Å². The molecule has 0 radical (unpaired) electrons. The number of nitrogens with zero attached hydrogens (tertiary/aromatic N) is 3. The average molecular weight is 275 g/mol. The smallest absolute Gasteiger partial charge is 0.304 e. The highest BCUT2D eigenvalue weighted by molar-refractivity contribution is 6.00. The van der Waals surface area contributed by atoms with Crippen LogP contribution in [0.3, 0.4) is 0 Å². The van der Waals surface area contributed by atoms with Crippen LogP contribution in [-0.4, -0.2) is 26.9 Å².